The Labute approximate surface area is 146 Å². The van der Waals surface area contributed by atoms with Crippen molar-refractivity contribution in [2.75, 3.05) is 13.1 Å². The molecule has 1 aliphatic carbocycles. The Hall–Kier alpha value is -1.06. The van der Waals surface area contributed by atoms with Crippen LogP contribution in [-0.2, 0) is 11.3 Å². The summed E-state index contributed by atoms with van der Waals surface area (Å²) in [7, 11) is 0. The Kier molecular flexibility index (Phi) is 7.38. The van der Waals surface area contributed by atoms with E-state index in [0.717, 1.165) is 32.5 Å². The molecule has 1 aliphatic heterocycles. The molecule has 128 valence electrons. The zero-order valence-corrected chi connectivity index (χ0v) is 14.7. The van der Waals surface area contributed by atoms with Crippen LogP contribution in [0.2, 0.25) is 0 Å². The average molecular weight is 337 g/mol. The average Bonchev–Trinajstić information content (AvgIpc) is 2.61. The number of hydrogen-bond acceptors (Lipinski definition) is 2. The minimum Gasteiger partial charge on any atom is -0.335 e. The van der Waals surface area contributed by atoms with Crippen molar-refractivity contribution in [1.82, 2.24) is 10.2 Å². The van der Waals surface area contributed by atoms with Gasteiger partial charge in [-0.15, -0.1) is 12.4 Å². The predicted octanol–water partition coefficient (Wildman–Crippen LogP) is 3.77. The predicted molar refractivity (Wildman–Crippen MR) is 96.7 cm³/mol. The highest BCUT2D eigenvalue weighted by Crippen LogP contribution is 2.27. The van der Waals surface area contributed by atoms with Crippen molar-refractivity contribution in [3.63, 3.8) is 0 Å². The van der Waals surface area contributed by atoms with Gasteiger partial charge in [0.1, 0.15) is 0 Å². The quantitative estimate of drug-likeness (QED) is 0.907. The van der Waals surface area contributed by atoms with E-state index in [1.54, 1.807) is 0 Å². The van der Waals surface area contributed by atoms with Crippen LogP contribution in [0.5, 0.6) is 0 Å². The van der Waals surface area contributed by atoms with Gasteiger partial charge in [-0.25, -0.2) is 0 Å². The van der Waals surface area contributed by atoms with E-state index in [9.17, 15) is 4.79 Å². The molecule has 1 heterocycles. The lowest BCUT2D eigenvalue weighted by molar-refractivity contribution is -0.140. The van der Waals surface area contributed by atoms with E-state index in [0.29, 0.717) is 11.9 Å². The third kappa shape index (κ3) is 4.95. The fourth-order valence-electron chi connectivity index (χ4n) is 3.86. The monoisotopic (exact) mass is 336 g/mol. The van der Waals surface area contributed by atoms with Gasteiger partial charge in [-0.3, -0.25) is 4.79 Å². The standard InChI is InChI=1S/C19H28N2O.ClH/c22-19(17-11-13-20-14-12-17)21(18-9-5-2-6-10-18)15-16-7-3-1-4-8-16;/h1,3-4,7-8,17-18,20H,2,5-6,9-15H2;1H. The molecule has 3 rings (SSSR count). The molecule has 23 heavy (non-hydrogen) atoms. The van der Waals surface area contributed by atoms with Gasteiger partial charge in [0.25, 0.3) is 0 Å². The van der Waals surface area contributed by atoms with Crippen LogP contribution in [0.4, 0.5) is 0 Å². The van der Waals surface area contributed by atoms with Crippen molar-refractivity contribution in [3.05, 3.63) is 35.9 Å². The second-order valence-corrected chi connectivity index (χ2v) is 6.77. The van der Waals surface area contributed by atoms with E-state index in [1.807, 2.05) is 6.07 Å². The molecular formula is C19H29ClN2O. The van der Waals surface area contributed by atoms with E-state index in [4.69, 9.17) is 0 Å². The molecule has 0 aromatic heterocycles. The molecule has 1 aromatic carbocycles. The molecule has 0 atom stereocenters. The second-order valence-electron chi connectivity index (χ2n) is 6.77. The van der Waals surface area contributed by atoms with E-state index in [-0.39, 0.29) is 18.3 Å². The Morgan fingerprint density at radius 2 is 1.65 bits per heavy atom. The number of rotatable bonds is 4. The number of nitrogens with zero attached hydrogens (tertiary/aromatic N) is 1. The molecule has 1 amide bonds. The van der Waals surface area contributed by atoms with Crippen molar-refractivity contribution in [1.29, 1.82) is 0 Å². The molecule has 4 heteroatoms. The van der Waals surface area contributed by atoms with Crippen molar-refractivity contribution < 1.29 is 4.79 Å². The van der Waals surface area contributed by atoms with Gasteiger partial charge in [-0.1, -0.05) is 49.6 Å². The number of amides is 1. The van der Waals surface area contributed by atoms with E-state index in [1.165, 1.54) is 37.7 Å². The first-order valence-electron chi connectivity index (χ1n) is 8.90. The number of nitrogens with one attached hydrogen (secondary N) is 1. The molecule has 2 aliphatic rings. The lowest BCUT2D eigenvalue weighted by Gasteiger charge is -2.37. The van der Waals surface area contributed by atoms with E-state index >= 15 is 0 Å². The van der Waals surface area contributed by atoms with Gasteiger partial charge in [0, 0.05) is 18.5 Å². The number of piperidine rings is 1. The van der Waals surface area contributed by atoms with Gasteiger partial charge in [0.05, 0.1) is 0 Å². The number of halogens is 1. The summed E-state index contributed by atoms with van der Waals surface area (Å²) in [5.41, 5.74) is 1.26. The van der Waals surface area contributed by atoms with Gasteiger partial charge in [-0.2, -0.15) is 0 Å². The summed E-state index contributed by atoms with van der Waals surface area (Å²) in [5.74, 6) is 0.629. The lowest BCUT2D eigenvalue weighted by Crippen LogP contribution is -2.46. The van der Waals surface area contributed by atoms with Crippen LogP contribution in [0, 0.1) is 5.92 Å². The molecule has 0 unspecified atom stereocenters. The van der Waals surface area contributed by atoms with Gasteiger partial charge >= 0.3 is 0 Å². The molecular weight excluding hydrogens is 308 g/mol. The molecule has 1 N–H and O–H groups in total. The number of carbonyl (C=O) groups excluding carboxylic acids is 1. The summed E-state index contributed by atoms with van der Waals surface area (Å²) in [6, 6.07) is 10.9. The zero-order chi connectivity index (χ0) is 15.2. The molecule has 0 bridgehead atoms. The number of carbonyl (C=O) groups is 1. The van der Waals surface area contributed by atoms with Crippen molar-refractivity contribution in [2.24, 2.45) is 5.92 Å². The summed E-state index contributed by atoms with van der Waals surface area (Å²) in [6.45, 7) is 2.76. The molecule has 1 saturated carbocycles. The summed E-state index contributed by atoms with van der Waals surface area (Å²) >= 11 is 0. The fourth-order valence-corrected chi connectivity index (χ4v) is 3.86. The van der Waals surface area contributed by atoms with Crippen LogP contribution >= 0.6 is 12.4 Å². The first-order valence-corrected chi connectivity index (χ1v) is 8.90. The molecule has 2 fully saturated rings. The first-order chi connectivity index (χ1) is 10.8. The molecule has 1 saturated heterocycles. The SMILES string of the molecule is Cl.O=C(C1CCNCC1)N(Cc1ccccc1)C1CCCCC1. The number of benzene rings is 1. The van der Waals surface area contributed by atoms with Crippen molar-refractivity contribution in [2.45, 2.75) is 57.5 Å². The molecule has 0 spiro atoms. The number of hydrogen-bond donors (Lipinski definition) is 1. The third-order valence-corrected chi connectivity index (χ3v) is 5.18. The Balaban J connectivity index is 0.00000192. The summed E-state index contributed by atoms with van der Waals surface area (Å²) in [6.07, 6.45) is 8.24. The summed E-state index contributed by atoms with van der Waals surface area (Å²) < 4.78 is 0. The topological polar surface area (TPSA) is 32.3 Å². The van der Waals surface area contributed by atoms with E-state index < -0.39 is 0 Å². The summed E-state index contributed by atoms with van der Waals surface area (Å²) in [4.78, 5) is 15.3. The second kappa shape index (κ2) is 9.29. The molecule has 3 nitrogen and oxygen atoms in total. The van der Waals surface area contributed by atoms with Crippen LogP contribution in [0.15, 0.2) is 30.3 Å². The first kappa shape index (κ1) is 18.3. The Morgan fingerprint density at radius 3 is 2.30 bits per heavy atom. The Morgan fingerprint density at radius 1 is 1.00 bits per heavy atom. The summed E-state index contributed by atoms with van der Waals surface area (Å²) in [5, 5.41) is 3.37. The van der Waals surface area contributed by atoms with Crippen molar-refractivity contribution in [3.8, 4) is 0 Å². The van der Waals surface area contributed by atoms with Crippen LogP contribution in [-0.4, -0.2) is 29.9 Å². The smallest absolute Gasteiger partial charge is 0.226 e. The zero-order valence-electron chi connectivity index (χ0n) is 13.9. The lowest BCUT2D eigenvalue weighted by atomic mass is 9.90. The minimum absolute atomic E-state index is 0. The van der Waals surface area contributed by atoms with Crippen molar-refractivity contribution >= 4 is 18.3 Å². The molecule has 1 aromatic rings. The van der Waals surface area contributed by atoms with Crippen LogP contribution in [0.1, 0.15) is 50.5 Å². The Bertz CT molecular complexity index is 468. The third-order valence-electron chi connectivity index (χ3n) is 5.18. The maximum Gasteiger partial charge on any atom is 0.226 e. The van der Waals surface area contributed by atoms with Gasteiger partial charge in [-0.05, 0) is 44.3 Å². The molecule has 0 radical (unpaired) electrons. The highest BCUT2D eigenvalue weighted by molar-refractivity contribution is 5.85. The van der Waals surface area contributed by atoms with Gasteiger partial charge < -0.3 is 10.2 Å². The van der Waals surface area contributed by atoms with Gasteiger partial charge in [0.2, 0.25) is 5.91 Å². The van der Waals surface area contributed by atoms with Crippen LogP contribution in [0.3, 0.4) is 0 Å². The highest BCUT2D eigenvalue weighted by atomic mass is 35.5. The van der Waals surface area contributed by atoms with E-state index in [2.05, 4.69) is 34.5 Å². The van der Waals surface area contributed by atoms with Crippen LogP contribution in [0.25, 0.3) is 0 Å². The fraction of sp³-hybridized carbons (Fsp3) is 0.632. The normalized spacial score (nSPS) is 19.8. The maximum absolute atomic E-state index is 13.1. The maximum atomic E-state index is 13.1. The highest BCUT2D eigenvalue weighted by Gasteiger charge is 2.31. The van der Waals surface area contributed by atoms with Crippen LogP contribution < -0.4 is 5.32 Å². The largest absolute Gasteiger partial charge is 0.335 e. The minimum atomic E-state index is 0. The van der Waals surface area contributed by atoms with Gasteiger partial charge in [0.15, 0.2) is 0 Å².